The fourth-order valence-corrected chi connectivity index (χ4v) is 2.80. The number of fused-ring (bicyclic) bond motifs is 1. The molecule has 0 fully saturated rings. The minimum atomic E-state index is 0.0739. The van der Waals surface area contributed by atoms with Gasteiger partial charge in [0.05, 0.1) is 9.88 Å². The third kappa shape index (κ3) is 2.18. The van der Waals surface area contributed by atoms with Gasteiger partial charge in [-0.1, -0.05) is 18.2 Å². The Morgan fingerprint density at radius 2 is 2.29 bits per heavy atom. The molecule has 0 radical (unpaired) electrons. The van der Waals surface area contributed by atoms with E-state index < -0.39 is 0 Å². The second-order valence-corrected chi connectivity index (χ2v) is 5.39. The predicted octanol–water partition coefficient (Wildman–Crippen LogP) is 2.67. The number of ether oxygens (including phenoxy) is 1. The topological polar surface area (TPSA) is 34.2 Å². The number of para-hydroxylation sites is 1. The van der Waals surface area contributed by atoms with Crippen LogP contribution in [0.5, 0.6) is 5.75 Å². The van der Waals surface area contributed by atoms with Crippen molar-refractivity contribution in [2.75, 3.05) is 6.54 Å². The van der Waals surface area contributed by atoms with Crippen LogP contribution in [-0.2, 0) is 6.54 Å². The Morgan fingerprint density at radius 3 is 3.12 bits per heavy atom. The second kappa shape index (κ2) is 4.47. The first kappa shape index (κ1) is 10.7. The van der Waals surface area contributed by atoms with Gasteiger partial charge in [-0.05, 0) is 13.0 Å². The maximum absolute atomic E-state index is 6.06. The zero-order valence-corrected chi connectivity index (χ0v) is 10.5. The number of nitrogens with one attached hydrogen (secondary N) is 1. The van der Waals surface area contributed by atoms with E-state index >= 15 is 0 Å². The number of nitrogens with zero attached hydrogens (tertiary/aromatic N) is 1. The standard InChI is InChI=1S/C13H14N2OS/c1-9-15-8-13(17-9)12-7-14-6-10-4-2-3-5-11(10)16-12/h2-5,8,12,14H,6-7H2,1H3. The normalized spacial score (nSPS) is 19.2. The van der Waals surface area contributed by atoms with Gasteiger partial charge in [-0.15, -0.1) is 11.3 Å². The first-order chi connectivity index (χ1) is 8.33. The molecule has 1 aromatic carbocycles. The fraction of sp³-hybridized carbons (Fsp3) is 0.308. The molecule has 2 heterocycles. The van der Waals surface area contributed by atoms with Crippen LogP contribution in [0, 0.1) is 6.92 Å². The smallest absolute Gasteiger partial charge is 0.147 e. The quantitative estimate of drug-likeness (QED) is 0.840. The summed E-state index contributed by atoms with van der Waals surface area (Å²) in [4.78, 5) is 5.48. The lowest BCUT2D eigenvalue weighted by molar-refractivity contribution is 0.214. The zero-order valence-electron chi connectivity index (χ0n) is 9.64. The van der Waals surface area contributed by atoms with Crippen molar-refractivity contribution >= 4 is 11.3 Å². The fourth-order valence-electron chi connectivity index (χ4n) is 1.98. The van der Waals surface area contributed by atoms with Gasteiger partial charge in [-0.2, -0.15) is 0 Å². The molecule has 1 N–H and O–H groups in total. The molecule has 17 heavy (non-hydrogen) atoms. The van der Waals surface area contributed by atoms with Crippen molar-refractivity contribution < 1.29 is 4.74 Å². The van der Waals surface area contributed by atoms with E-state index in [1.165, 1.54) is 10.4 Å². The van der Waals surface area contributed by atoms with Crippen LogP contribution in [0.25, 0.3) is 0 Å². The monoisotopic (exact) mass is 246 g/mol. The van der Waals surface area contributed by atoms with E-state index in [0.29, 0.717) is 0 Å². The van der Waals surface area contributed by atoms with E-state index in [9.17, 15) is 0 Å². The first-order valence-electron chi connectivity index (χ1n) is 5.70. The van der Waals surface area contributed by atoms with Crippen molar-refractivity contribution in [1.82, 2.24) is 10.3 Å². The molecule has 0 spiro atoms. The predicted molar refractivity (Wildman–Crippen MR) is 68.4 cm³/mol. The van der Waals surface area contributed by atoms with Crippen LogP contribution in [0.1, 0.15) is 21.6 Å². The minimum absolute atomic E-state index is 0.0739. The minimum Gasteiger partial charge on any atom is -0.483 e. The summed E-state index contributed by atoms with van der Waals surface area (Å²) in [5.74, 6) is 0.980. The van der Waals surface area contributed by atoms with Gasteiger partial charge in [0.15, 0.2) is 0 Å². The van der Waals surface area contributed by atoms with Gasteiger partial charge in [0, 0.05) is 24.8 Å². The molecule has 0 bridgehead atoms. The Balaban J connectivity index is 1.90. The molecule has 0 amide bonds. The van der Waals surface area contributed by atoms with E-state index in [0.717, 1.165) is 23.8 Å². The van der Waals surface area contributed by atoms with E-state index in [-0.39, 0.29) is 6.10 Å². The van der Waals surface area contributed by atoms with Crippen molar-refractivity contribution in [3.8, 4) is 5.75 Å². The highest BCUT2D eigenvalue weighted by molar-refractivity contribution is 7.11. The molecule has 4 heteroatoms. The molecule has 0 saturated heterocycles. The number of thiazole rings is 1. The summed E-state index contributed by atoms with van der Waals surface area (Å²) >= 11 is 1.70. The van der Waals surface area contributed by atoms with Crippen LogP contribution >= 0.6 is 11.3 Å². The average molecular weight is 246 g/mol. The Kier molecular flexibility index (Phi) is 2.82. The van der Waals surface area contributed by atoms with Crippen LogP contribution in [0.15, 0.2) is 30.5 Å². The first-order valence-corrected chi connectivity index (χ1v) is 6.52. The molecule has 1 aliphatic heterocycles. The van der Waals surface area contributed by atoms with Crippen molar-refractivity contribution in [1.29, 1.82) is 0 Å². The van der Waals surface area contributed by atoms with Crippen molar-refractivity contribution in [2.45, 2.75) is 19.6 Å². The summed E-state index contributed by atoms with van der Waals surface area (Å²) < 4.78 is 6.06. The summed E-state index contributed by atoms with van der Waals surface area (Å²) in [5, 5.41) is 4.50. The van der Waals surface area contributed by atoms with Crippen molar-refractivity contribution in [3.05, 3.63) is 45.9 Å². The highest BCUT2D eigenvalue weighted by Gasteiger charge is 2.20. The van der Waals surface area contributed by atoms with Gasteiger partial charge in [0.1, 0.15) is 11.9 Å². The van der Waals surface area contributed by atoms with Gasteiger partial charge in [0.25, 0.3) is 0 Å². The molecule has 88 valence electrons. The molecule has 1 atom stereocenters. The molecule has 1 aromatic heterocycles. The van der Waals surface area contributed by atoms with Crippen LogP contribution in [0.2, 0.25) is 0 Å². The molecular formula is C13H14N2OS. The van der Waals surface area contributed by atoms with Crippen molar-refractivity contribution in [3.63, 3.8) is 0 Å². The Labute approximate surface area is 104 Å². The average Bonchev–Trinajstić information content (AvgIpc) is 2.65. The van der Waals surface area contributed by atoms with Gasteiger partial charge >= 0.3 is 0 Å². The van der Waals surface area contributed by atoms with Crippen LogP contribution < -0.4 is 10.1 Å². The second-order valence-electron chi connectivity index (χ2n) is 4.13. The molecule has 3 nitrogen and oxygen atoms in total. The number of hydrogen-bond donors (Lipinski definition) is 1. The van der Waals surface area contributed by atoms with Gasteiger partial charge in [0.2, 0.25) is 0 Å². The summed E-state index contributed by atoms with van der Waals surface area (Å²) in [5.41, 5.74) is 1.22. The third-order valence-corrected chi connectivity index (χ3v) is 3.85. The molecule has 2 aromatic rings. The molecular weight excluding hydrogens is 232 g/mol. The van der Waals surface area contributed by atoms with Gasteiger partial charge in [-0.25, -0.2) is 4.98 Å². The lowest BCUT2D eigenvalue weighted by Crippen LogP contribution is -2.20. The molecule has 1 unspecified atom stereocenters. The Bertz CT molecular complexity index is 524. The lowest BCUT2D eigenvalue weighted by atomic mass is 10.2. The summed E-state index contributed by atoms with van der Waals surface area (Å²) in [6, 6.07) is 8.19. The van der Waals surface area contributed by atoms with E-state index in [1.807, 2.05) is 31.3 Å². The SMILES string of the molecule is Cc1ncc(C2CNCc3ccccc3O2)s1. The van der Waals surface area contributed by atoms with Gasteiger partial charge in [-0.3, -0.25) is 0 Å². The summed E-state index contributed by atoms with van der Waals surface area (Å²) in [6.45, 7) is 3.72. The number of aromatic nitrogens is 1. The zero-order chi connectivity index (χ0) is 11.7. The third-order valence-electron chi connectivity index (χ3n) is 2.84. The lowest BCUT2D eigenvalue weighted by Gasteiger charge is -2.15. The maximum atomic E-state index is 6.06. The van der Waals surface area contributed by atoms with E-state index in [1.54, 1.807) is 11.3 Å². The van der Waals surface area contributed by atoms with Crippen molar-refractivity contribution in [2.24, 2.45) is 0 Å². The highest BCUT2D eigenvalue weighted by Crippen LogP contribution is 2.30. The molecule has 3 rings (SSSR count). The molecule has 0 aliphatic carbocycles. The van der Waals surface area contributed by atoms with Gasteiger partial charge < -0.3 is 10.1 Å². The molecule has 1 aliphatic rings. The number of benzene rings is 1. The largest absolute Gasteiger partial charge is 0.483 e. The van der Waals surface area contributed by atoms with Crippen LogP contribution in [0.3, 0.4) is 0 Å². The highest BCUT2D eigenvalue weighted by atomic mass is 32.1. The number of aryl methyl sites for hydroxylation is 1. The number of rotatable bonds is 1. The van der Waals surface area contributed by atoms with E-state index in [4.69, 9.17) is 4.74 Å². The number of hydrogen-bond acceptors (Lipinski definition) is 4. The summed E-state index contributed by atoms with van der Waals surface area (Å²) in [6.07, 6.45) is 1.99. The molecule has 0 saturated carbocycles. The Hall–Kier alpha value is -1.39. The van der Waals surface area contributed by atoms with E-state index in [2.05, 4.69) is 16.4 Å². The maximum Gasteiger partial charge on any atom is 0.147 e. The summed E-state index contributed by atoms with van der Waals surface area (Å²) in [7, 11) is 0. The Morgan fingerprint density at radius 1 is 1.41 bits per heavy atom. The van der Waals surface area contributed by atoms with Crippen LogP contribution in [0.4, 0.5) is 0 Å². The van der Waals surface area contributed by atoms with Crippen LogP contribution in [-0.4, -0.2) is 11.5 Å².